The van der Waals surface area contributed by atoms with Crippen LogP contribution in [0.15, 0.2) is 59.1 Å². The van der Waals surface area contributed by atoms with Gasteiger partial charge in [0.15, 0.2) is 12.4 Å². The van der Waals surface area contributed by atoms with E-state index in [9.17, 15) is 9.59 Å². The van der Waals surface area contributed by atoms with E-state index in [0.29, 0.717) is 17.9 Å². The van der Waals surface area contributed by atoms with Gasteiger partial charge in [-0.25, -0.2) is 4.79 Å². The van der Waals surface area contributed by atoms with E-state index in [1.807, 2.05) is 12.1 Å². The summed E-state index contributed by atoms with van der Waals surface area (Å²) in [5.41, 5.74) is 2.60. The van der Waals surface area contributed by atoms with Crippen molar-refractivity contribution in [3.8, 4) is 5.75 Å². The first-order chi connectivity index (χ1) is 14.7. The lowest BCUT2D eigenvalue weighted by atomic mass is 9.87. The van der Waals surface area contributed by atoms with Crippen LogP contribution in [0.1, 0.15) is 48.0 Å². The lowest BCUT2D eigenvalue weighted by molar-refractivity contribution is -0.119. The summed E-state index contributed by atoms with van der Waals surface area (Å²) in [6.07, 6.45) is 0. The van der Waals surface area contributed by atoms with Crippen LogP contribution in [0.25, 0.3) is 0 Å². The number of nitrogens with one attached hydrogen (secondary N) is 1. The second-order valence-electron chi connectivity index (χ2n) is 8.21. The Labute approximate surface area is 181 Å². The fourth-order valence-electron chi connectivity index (χ4n) is 2.77. The van der Waals surface area contributed by atoms with E-state index >= 15 is 0 Å². The molecule has 7 heteroatoms. The molecule has 0 saturated carbocycles. The summed E-state index contributed by atoms with van der Waals surface area (Å²) in [6, 6.07) is 16.5. The third-order valence-electron chi connectivity index (χ3n) is 4.55. The predicted molar refractivity (Wildman–Crippen MR) is 116 cm³/mol. The number of amides is 1. The van der Waals surface area contributed by atoms with Crippen molar-refractivity contribution in [2.24, 2.45) is 0 Å². The Balaban J connectivity index is 1.46. The average molecular weight is 422 g/mol. The molecule has 7 nitrogen and oxygen atoms in total. The van der Waals surface area contributed by atoms with Crippen LogP contribution in [-0.4, -0.2) is 23.6 Å². The van der Waals surface area contributed by atoms with Gasteiger partial charge in [-0.1, -0.05) is 50.2 Å². The minimum Gasteiger partial charge on any atom is -0.489 e. The summed E-state index contributed by atoms with van der Waals surface area (Å²) in [6.45, 7) is 8.17. The Morgan fingerprint density at radius 3 is 2.29 bits per heavy atom. The number of nitrogens with zero attached hydrogens (tertiary/aromatic N) is 1. The first kappa shape index (κ1) is 22.1. The van der Waals surface area contributed by atoms with Crippen LogP contribution in [0.2, 0.25) is 0 Å². The minimum atomic E-state index is -0.586. The second-order valence-corrected chi connectivity index (χ2v) is 8.21. The van der Waals surface area contributed by atoms with Crippen LogP contribution < -0.4 is 10.1 Å². The van der Waals surface area contributed by atoms with Crippen LogP contribution in [0.4, 0.5) is 5.82 Å². The van der Waals surface area contributed by atoms with Gasteiger partial charge in [0.1, 0.15) is 18.1 Å². The number of carbonyl (C=O) groups is 2. The third kappa shape index (κ3) is 6.44. The van der Waals surface area contributed by atoms with Crippen molar-refractivity contribution >= 4 is 17.7 Å². The number of hydrogen-bond donors (Lipinski definition) is 1. The van der Waals surface area contributed by atoms with Crippen molar-refractivity contribution in [2.75, 3.05) is 11.9 Å². The molecule has 0 saturated heterocycles. The van der Waals surface area contributed by atoms with Gasteiger partial charge < -0.3 is 19.3 Å². The molecule has 3 rings (SSSR count). The van der Waals surface area contributed by atoms with Gasteiger partial charge in [0.25, 0.3) is 5.91 Å². The molecule has 0 radical (unpaired) electrons. The lowest BCUT2D eigenvalue weighted by Gasteiger charge is -2.19. The van der Waals surface area contributed by atoms with Crippen LogP contribution in [0.5, 0.6) is 5.75 Å². The van der Waals surface area contributed by atoms with Crippen LogP contribution in [0, 0.1) is 6.92 Å². The molecule has 3 aromatic rings. The molecule has 1 aromatic heterocycles. The Hall–Kier alpha value is -3.61. The van der Waals surface area contributed by atoms with E-state index in [1.54, 1.807) is 37.3 Å². The van der Waals surface area contributed by atoms with Gasteiger partial charge >= 0.3 is 5.97 Å². The highest BCUT2D eigenvalue weighted by Gasteiger charge is 2.14. The summed E-state index contributed by atoms with van der Waals surface area (Å²) in [4.78, 5) is 24.0. The van der Waals surface area contributed by atoms with Gasteiger partial charge in [-0.3, -0.25) is 4.79 Å². The summed E-state index contributed by atoms with van der Waals surface area (Å²) < 4.78 is 15.7. The van der Waals surface area contributed by atoms with Crippen LogP contribution in [0.3, 0.4) is 0 Å². The molecule has 0 aliphatic rings. The van der Waals surface area contributed by atoms with Crippen molar-refractivity contribution in [1.29, 1.82) is 0 Å². The second kappa shape index (κ2) is 9.47. The maximum Gasteiger partial charge on any atom is 0.338 e. The van der Waals surface area contributed by atoms with E-state index in [2.05, 4.69) is 43.4 Å². The van der Waals surface area contributed by atoms with E-state index < -0.39 is 18.5 Å². The van der Waals surface area contributed by atoms with Crippen molar-refractivity contribution in [3.05, 3.63) is 77.0 Å². The summed E-state index contributed by atoms with van der Waals surface area (Å²) in [5.74, 6) is 0.542. The largest absolute Gasteiger partial charge is 0.489 e. The molecule has 1 amide bonds. The fourth-order valence-corrected chi connectivity index (χ4v) is 2.77. The van der Waals surface area contributed by atoms with Gasteiger partial charge in [-0.15, -0.1) is 0 Å². The number of hydrogen-bond acceptors (Lipinski definition) is 6. The first-order valence-corrected chi connectivity index (χ1v) is 9.93. The number of rotatable bonds is 7. The molecule has 31 heavy (non-hydrogen) atoms. The van der Waals surface area contributed by atoms with E-state index in [1.165, 1.54) is 5.56 Å². The molecular formula is C24H26N2O5. The van der Waals surface area contributed by atoms with Gasteiger partial charge in [0.2, 0.25) is 0 Å². The standard InChI is InChI=1S/C24H26N2O5/c1-16-13-21(26-31-16)25-22(27)15-30-23(28)18-7-5-17(6-8-18)14-29-20-11-9-19(10-12-20)24(2,3)4/h5-13H,14-15H2,1-4H3,(H,25,26,27). The number of benzene rings is 2. The van der Waals surface area contributed by atoms with Gasteiger partial charge in [0.05, 0.1) is 5.56 Å². The normalized spacial score (nSPS) is 11.1. The molecule has 2 aromatic carbocycles. The molecule has 0 atom stereocenters. The molecule has 0 fully saturated rings. The minimum absolute atomic E-state index is 0.0961. The molecule has 0 aliphatic carbocycles. The topological polar surface area (TPSA) is 90.7 Å². The molecule has 1 N–H and O–H groups in total. The smallest absolute Gasteiger partial charge is 0.338 e. The SMILES string of the molecule is Cc1cc(NC(=O)COC(=O)c2ccc(COc3ccc(C(C)(C)C)cc3)cc2)no1. The first-order valence-electron chi connectivity index (χ1n) is 9.93. The van der Waals surface area contributed by atoms with Crippen LogP contribution in [-0.2, 0) is 21.6 Å². The van der Waals surface area contributed by atoms with Crippen molar-refractivity contribution in [3.63, 3.8) is 0 Å². The Bertz CT molecular complexity index is 1030. The van der Waals surface area contributed by atoms with Gasteiger partial charge in [-0.05, 0) is 47.7 Å². The molecule has 162 valence electrons. The zero-order valence-electron chi connectivity index (χ0n) is 18.1. The Morgan fingerprint density at radius 1 is 1.03 bits per heavy atom. The highest BCUT2D eigenvalue weighted by Crippen LogP contribution is 2.24. The zero-order valence-corrected chi connectivity index (χ0v) is 18.1. The molecule has 0 bridgehead atoms. The van der Waals surface area contributed by atoms with Gasteiger partial charge in [-0.2, -0.15) is 0 Å². The quantitative estimate of drug-likeness (QED) is 0.557. The monoisotopic (exact) mass is 422 g/mol. The van der Waals surface area contributed by atoms with Crippen molar-refractivity contribution in [1.82, 2.24) is 5.16 Å². The van der Waals surface area contributed by atoms with Crippen molar-refractivity contribution in [2.45, 2.75) is 39.7 Å². The van der Waals surface area contributed by atoms with Crippen molar-refractivity contribution < 1.29 is 23.6 Å². The summed E-state index contributed by atoms with van der Waals surface area (Å²) >= 11 is 0. The van der Waals surface area contributed by atoms with Crippen LogP contribution >= 0.6 is 0 Å². The highest BCUT2D eigenvalue weighted by atomic mass is 16.5. The highest BCUT2D eigenvalue weighted by molar-refractivity contribution is 5.95. The Morgan fingerprint density at radius 2 is 1.71 bits per heavy atom. The zero-order chi connectivity index (χ0) is 22.4. The fraction of sp³-hybridized carbons (Fsp3) is 0.292. The summed E-state index contributed by atoms with van der Waals surface area (Å²) in [7, 11) is 0. The molecular weight excluding hydrogens is 396 g/mol. The number of aryl methyl sites for hydroxylation is 1. The lowest BCUT2D eigenvalue weighted by Crippen LogP contribution is -2.21. The predicted octanol–water partition coefficient (Wildman–Crippen LogP) is 4.66. The third-order valence-corrected chi connectivity index (χ3v) is 4.55. The number of ether oxygens (including phenoxy) is 2. The van der Waals surface area contributed by atoms with Gasteiger partial charge in [0, 0.05) is 6.07 Å². The van der Waals surface area contributed by atoms with E-state index in [0.717, 1.165) is 11.3 Å². The number of esters is 1. The average Bonchev–Trinajstić information content (AvgIpc) is 3.15. The molecule has 0 unspecified atom stereocenters. The molecule has 0 aliphatic heterocycles. The summed E-state index contributed by atoms with van der Waals surface area (Å²) in [5, 5.41) is 6.13. The number of anilines is 1. The molecule has 1 heterocycles. The molecule has 0 spiro atoms. The maximum absolute atomic E-state index is 12.1. The Kier molecular flexibility index (Phi) is 6.74. The number of carbonyl (C=O) groups excluding carboxylic acids is 2. The van der Waals surface area contributed by atoms with E-state index in [4.69, 9.17) is 14.0 Å². The maximum atomic E-state index is 12.1. The van der Waals surface area contributed by atoms with E-state index in [-0.39, 0.29) is 11.2 Å². The number of aromatic nitrogens is 1.